The first-order valence-electron chi connectivity index (χ1n) is 8.51. The van der Waals surface area contributed by atoms with Gasteiger partial charge in [0.2, 0.25) is 0 Å². The molecule has 1 aromatic carbocycles. The number of phenolic OH excluding ortho intramolecular Hbond substituents is 1. The highest BCUT2D eigenvalue weighted by Gasteiger charge is 2.24. The van der Waals surface area contributed by atoms with E-state index in [1.807, 2.05) is 6.07 Å². The summed E-state index contributed by atoms with van der Waals surface area (Å²) in [5.41, 5.74) is 8.66. The van der Waals surface area contributed by atoms with E-state index in [9.17, 15) is 5.11 Å². The highest BCUT2D eigenvalue weighted by Crippen LogP contribution is 2.37. The Morgan fingerprint density at radius 3 is 2.31 bits per heavy atom. The lowest BCUT2D eigenvalue weighted by Gasteiger charge is -2.26. The van der Waals surface area contributed by atoms with Gasteiger partial charge in [-0.05, 0) is 22.5 Å². The molecule has 0 atom stereocenters. The first kappa shape index (κ1) is 19.6. The van der Waals surface area contributed by atoms with Crippen molar-refractivity contribution in [1.29, 1.82) is 0 Å². The molecule has 0 amide bonds. The van der Waals surface area contributed by atoms with Crippen LogP contribution in [0.15, 0.2) is 40.9 Å². The number of aromatic nitrogens is 2. The number of hydrogen-bond acceptors (Lipinski definition) is 5. The third kappa shape index (κ3) is 4.65. The van der Waals surface area contributed by atoms with Gasteiger partial charge >= 0.3 is 0 Å². The van der Waals surface area contributed by atoms with Crippen LogP contribution >= 0.6 is 0 Å². The summed E-state index contributed by atoms with van der Waals surface area (Å²) in [6.45, 7) is 12.6. The molecule has 0 saturated carbocycles. The van der Waals surface area contributed by atoms with Crippen LogP contribution in [0.2, 0.25) is 0 Å². The van der Waals surface area contributed by atoms with Crippen LogP contribution in [-0.4, -0.2) is 27.1 Å². The van der Waals surface area contributed by atoms with Crippen molar-refractivity contribution in [1.82, 2.24) is 9.97 Å². The lowest BCUT2D eigenvalue weighted by atomic mass is 9.79. The first-order valence-corrected chi connectivity index (χ1v) is 8.51. The van der Waals surface area contributed by atoms with Gasteiger partial charge in [0, 0.05) is 23.5 Å². The van der Waals surface area contributed by atoms with Gasteiger partial charge in [-0.25, -0.2) is 4.98 Å². The molecule has 0 aliphatic heterocycles. The number of benzene rings is 1. The largest absolute Gasteiger partial charge is 0.507 e. The highest BCUT2D eigenvalue weighted by atomic mass is 16.3. The molecule has 138 valence electrons. The zero-order chi connectivity index (χ0) is 19.5. The predicted molar refractivity (Wildman–Crippen MR) is 106 cm³/mol. The summed E-state index contributed by atoms with van der Waals surface area (Å²) in [6, 6.07) is 3.99. The zero-order valence-electron chi connectivity index (χ0n) is 16.3. The molecular formula is C20H27N5O. The van der Waals surface area contributed by atoms with Crippen LogP contribution in [0.25, 0.3) is 0 Å². The van der Waals surface area contributed by atoms with Crippen molar-refractivity contribution < 1.29 is 5.11 Å². The van der Waals surface area contributed by atoms with Gasteiger partial charge in [-0.1, -0.05) is 47.6 Å². The fourth-order valence-electron chi connectivity index (χ4n) is 2.40. The Balaban J connectivity index is 2.45. The van der Waals surface area contributed by atoms with Gasteiger partial charge in [0.05, 0.1) is 12.4 Å². The molecular weight excluding hydrogens is 326 g/mol. The average molecular weight is 353 g/mol. The fraction of sp³-hybridized carbons (Fsp3) is 0.400. The molecule has 2 rings (SSSR count). The molecule has 6 heteroatoms. The second kappa shape index (κ2) is 7.23. The number of aromatic hydroxyl groups is 1. The van der Waals surface area contributed by atoms with Gasteiger partial charge in [-0.3, -0.25) is 4.98 Å². The molecule has 0 unspecified atom stereocenters. The average Bonchev–Trinajstić information content (AvgIpc) is 2.55. The second-order valence-corrected chi connectivity index (χ2v) is 8.28. The molecule has 0 saturated heterocycles. The number of rotatable bonds is 3. The Hall–Kier alpha value is -2.76. The van der Waals surface area contributed by atoms with Gasteiger partial charge in [-0.2, -0.15) is 5.10 Å². The van der Waals surface area contributed by atoms with Crippen molar-refractivity contribution in [2.24, 2.45) is 15.9 Å². The molecule has 2 aromatic rings. The minimum Gasteiger partial charge on any atom is -0.507 e. The Morgan fingerprint density at radius 1 is 1.08 bits per heavy atom. The van der Waals surface area contributed by atoms with Crippen molar-refractivity contribution in [3.63, 3.8) is 0 Å². The van der Waals surface area contributed by atoms with Crippen LogP contribution in [0.1, 0.15) is 63.9 Å². The summed E-state index contributed by atoms with van der Waals surface area (Å²) in [7, 11) is 0. The van der Waals surface area contributed by atoms with E-state index in [0.29, 0.717) is 11.3 Å². The van der Waals surface area contributed by atoms with E-state index >= 15 is 0 Å². The number of phenols is 1. The van der Waals surface area contributed by atoms with Crippen LogP contribution in [0.4, 0.5) is 0 Å². The van der Waals surface area contributed by atoms with E-state index in [0.717, 1.165) is 11.1 Å². The normalized spacial score (nSPS) is 13.4. The molecule has 3 N–H and O–H groups in total. The van der Waals surface area contributed by atoms with Crippen LogP contribution in [0, 0.1) is 0 Å². The number of amidine groups is 1. The highest BCUT2D eigenvalue weighted by molar-refractivity contribution is 5.95. The first-order chi connectivity index (χ1) is 12.0. The van der Waals surface area contributed by atoms with E-state index in [2.05, 4.69) is 67.8 Å². The SMILES string of the molecule is CC(C)(C)c1cc(/C=N/N=C(\N)c2cnccn2)c(O)c(C(C)(C)C)c1. The van der Waals surface area contributed by atoms with E-state index < -0.39 is 0 Å². The van der Waals surface area contributed by atoms with Crippen LogP contribution < -0.4 is 5.73 Å². The zero-order valence-corrected chi connectivity index (χ0v) is 16.3. The van der Waals surface area contributed by atoms with E-state index in [1.165, 1.54) is 18.6 Å². The number of hydrogen-bond donors (Lipinski definition) is 2. The lowest BCUT2D eigenvalue weighted by molar-refractivity contribution is 0.444. The molecule has 0 aliphatic carbocycles. The van der Waals surface area contributed by atoms with Crippen molar-refractivity contribution in [3.05, 3.63) is 53.1 Å². The summed E-state index contributed by atoms with van der Waals surface area (Å²) in [5, 5.41) is 18.7. The quantitative estimate of drug-likeness (QED) is 0.501. The molecule has 0 spiro atoms. The van der Waals surface area contributed by atoms with E-state index in [4.69, 9.17) is 5.73 Å². The minimum absolute atomic E-state index is 0.0573. The molecule has 0 radical (unpaired) electrons. The molecule has 1 aromatic heterocycles. The van der Waals surface area contributed by atoms with Crippen molar-refractivity contribution >= 4 is 12.1 Å². The molecule has 0 aliphatic rings. The van der Waals surface area contributed by atoms with Crippen LogP contribution in [-0.2, 0) is 10.8 Å². The fourth-order valence-corrected chi connectivity index (χ4v) is 2.40. The van der Waals surface area contributed by atoms with Gasteiger partial charge in [0.15, 0.2) is 5.84 Å². The van der Waals surface area contributed by atoms with Crippen LogP contribution in [0.3, 0.4) is 0 Å². The number of nitrogens with zero attached hydrogens (tertiary/aromatic N) is 4. The van der Waals surface area contributed by atoms with Crippen molar-refractivity contribution in [3.8, 4) is 5.75 Å². The summed E-state index contributed by atoms with van der Waals surface area (Å²) < 4.78 is 0. The van der Waals surface area contributed by atoms with Crippen LogP contribution in [0.5, 0.6) is 5.75 Å². The molecule has 6 nitrogen and oxygen atoms in total. The van der Waals surface area contributed by atoms with E-state index in [1.54, 1.807) is 6.20 Å². The minimum atomic E-state index is -0.199. The lowest BCUT2D eigenvalue weighted by Crippen LogP contribution is -2.17. The Kier molecular flexibility index (Phi) is 5.44. The topological polar surface area (TPSA) is 96.8 Å². The Labute approximate surface area is 154 Å². The molecule has 26 heavy (non-hydrogen) atoms. The van der Waals surface area contributed by atoms with E-state index in [-0.39, 0.29) is 22.4 Å². The monoisotopic (exact) mass is 353 g/mol. The maximum Gasteiger partial charge on any atom is 0.173 e. The number of nitrogens with two attached hydrogens (primary N) is 1. The summed E-state index contributed by atoms with van der Waals surface area (Å²) in [6.07, 6.45) is 6.13. The predicted octanol–water partition coefficient (Wildman–Crippen LogP) is 3.52. The van der Waals surface area contributed by atoms with Gasteiger partial charge in [0.1, 0.15) is 11.4 Å². The van der Waals surface area contributed by atoms with Gasteiger partial charge in [0.25, 0.3) is 0 Å². The summed E-state index contributed by atoms with van der Waals surface area (Å²) >= 11 is 0. The maximum absolute atomic E-state index is 10.7. The molecule has 0 bridgehead atoms. The third-order valence-corrected chi connectivity index (χ3v) is 4.00. The van der Waals surface area contributed by atoms with Crippen molar-refractivity contribution in [2.45, 2.75) is 52.4 Å². The smallest absolute Gasteiger partial charge is 0.173 e. The Bertz CT molecular complexity index is 828. The standard InChI is InChI=1S/C20H27N5O/c1-19(2,3)14-9-13(17(26)15(10-14)20(4,5)6)11-24-25-18(21)16-12-22-7-8-23-16/h7-12,26H,1-6H3,(H2,21,25)/b24-11+. The Morgan fingerprint density at radius 2 is 1.77 bits per heavy atom. The van der Waals surface area contributed by atoms with Crippen molar-refractivity contribution in [2.75, 3.05) is 0 Å². The summed E-state index contributed by atoms with van der Waals surface area (Å²) in [4.78, 5) is 8.02. The van der Waals surface area contributed by atoms with Gasteiger partial charge in [-0.15, -0.1) is 5.10 Å². The maximum atomic E-state index is 10.7. The second-order valence-electron chi connectivity index (χ2n) is 8.28. The molecule has 0 fully saturated rings. The third-order valence-electron chi connectivity index (χ3n) is 4.00. The summed E-state index contributed by atoms with van der Waals surface area (Å²) in [5.74, 6) is 0.374. The molecule has 1 heterocycles. The van der Waals surface area contributed by atoms with Gasteiger partial charge < -0.3 is 10.8 Å².